The maximum atomic E-state index is 11.0. The van der Waals surface area contributed by atoms with Crippen LogP contribution < -0.4 is 5.32 Å². The lowest BCUT2D eigenvalue weighted by molar-refractivity contribution is -0.142. The van der Waals surface area contributed by atoms with Crippen LogP contribution in [0.1, 0.15) is 34.1 Å². The van der Waals surface area contributed by atoms with E-state index in [1.165, 1.54) is 7.11 Å². The van der Waals surface area contributed by atoms with E-state index >= 15 is 0 Å². The minimum absolute atomic E-state index is 0.199. The van der Waals surface area contributed by atoms with Crippen LogP contribution in [0, 0.1) is 5.92 Å². The van der Waals surface area contributed by atoms with E-state index in [0.29, 0.717) is 12.0 Å². The van der Waals surface area contributed by atoms with Gasteiger partial charge in [-0.3, -0.25) is 4.79 Å². The summed E-state index contributed by atoms with van der Waals surface area (Å²) < 4.78 is 4.62. The van der Waals surface area contributed by atoms with E-state index in [4.69, 9.17) is 0 Å². The van der Waals surface area contributed by atoms with Crippen LogP contribution in [0.15, 0.2) is 0 Å². The molecule has 0 aromatic rings. The second-order valence-electron chi connectivity index (χ2n) is 3.94. The maximum absolute atomic E-state index is 11.0. The number of rotatable bonds is 5. The average molecular weight is 187 g/mol. The van der Waals surface area contributed by atoms with E-state index in [2.05, 4.69) is 30.8 Å². The highest BCUT2D eigenvalue weighted by molar-refractivity contribution is 5.75. The summed E-state index contributed by atoms with van der Waals surface area (Å²) in [5, 5.41) is 3.19. The Labute approximate surface area is 80.8 Å². The molecule has 0 aromatic carbocycles. The number of carbonyl (C=O) groups is 1. The minimum Gasteiger partial charge on any atom is -0.468 e. The molecule has 1 N–H and O–H groups in total. The molecular formula is C10H21NO2. The Balaban J connectivity index is 3.77. The van der Waals surface area contributed by atoms with Gasteiger partial charge in [0.15, 0.2) is 0 Å². The molecule has 0 saturated heterocycles. The number of esters is 1. The topological polar surface area (TPSA) is 38.3 Å². The Morgan fingerprint density at radius 2 is 1.85 bits per heavy atom. The highest BCUT2D eigenvalue weighted by Gasteiger charge is 2.15. The van der Waals surface area contributed by atoms with E-state index in [1.807, 2.05) is 6.92 Å². The van der Waals surface area contributed by atoms with Crippen LogP contribution in [0.3, 0.4) is 0 Å². The van der Waals surface area contributed by atoms with Crippen molar-refractivity contribution in [3.8, 4) is 0 Å². The zero-order chi connectivity index (χ0) is 10.4. The molecule has 0 radical (unpaired) electrons. The van der Waals surface area contributed by atoms with Gasteiger partial charge >= 0.3 is 5.97 Å². The molecule has 78 valence electrons. The summed E-state index contributed by atoms with van der Waals surface area (Å²) in [6.45, 7) is 8.24. The number of ether oxygens (including phenoxy) is 1. The molecule has 0 spiro atoms. The van der Waals surface area contributed by atoms with Crippen LogP contribution in [0.25, 0.3) is 0 Å². The first-order chi connectivity index (χ1) is 5.97. The van der Waals surface area contributed by atoms with Gasteiger partial charge in [0.2, 0.25) is 0 Å². The summed E-state index contributed by atoms with van der Waals surface area (Å²) >= 11 is 0. The largest absolute Gasteiger partial charge is 0.468 e. The van der Waals surface area contributed by atoms with Crippen LogP contribution in [0.4, 0.5) is 0 Å². The number of methoxy groups -OCH3 is 1. The molecule has 2 atom stereocenters. The van der Waals surface area contributed by atoms with Gasteiger partial charge in [-0.05, 0) is 26.2 Å². The zero-order valence-corrected chi connectivity index (χ0v) is 9.26. The Hall–Kier alpha value is -0.570. The quantitative estimate of drug-likeness (QED) is 0.664. The summed E-state index contributed by atoms with van der Waals surface area (Å²) in [5.41, 5.74) is 0. The fraction of sp³-hybridized carbons (Fsp3) is 0.900. The van der Waals surface area contributed by atoms with Gasteiger partial charge in [-0.2, -0.15) is 0 Å². The molecule has 0 heterocycles. The van der Waals surface area contributed by atoms with Crippen LogP contribution in [0.5, 0.6) is 0 Å². The van der Waals surface area contributed by atoms with Gasteiger partial charge in [0.25, 0.3) is 0 Å². The summed E-state index contributed by atoms with van der Waals surface area (Å²) in [5.74, 6) is 0.447. The number of hydrogen-bond acceptors (Lipinski definition) is 3. The third-order valence-corrected chi connectivity index (χ3v) is 1.91. The smallest absolute Gasteiger partial charge is 0.322 e. The lowest BCUT2D eigenvalue weighted by Gasteiger charge is -2.19. The van der Waals surface area contributed by atoms with Gasteiger partial charge < -0.3 is 10.1 Å². The molecule has 0 aliphatic carbocycles. The van der Waals surface area contributed by atoms with Crippen molar-refractivity contribution in [3.05, 3.63) is 0 Å². The normalized spacial score (nSPS) is 15.5. The minimum atomic E-state index is -0.209. The summed E-state index contributed by atoms with van der Waals surface area (Å²) in [6, 6.07) is 0.146. The van der Waals surface area contributed by atoms with E-state index in [9.17, 15) is 4.79 Å². The third kappa shape index (κ3) is 5.64. The molecule has 0 aromatic heterocycles. The zero-order valence-electron chi connectivity index (χ0n) is 9.26. The number of carbonyl (C=O) groups excluding carboxylic acids is 1. The third-order valence-electron chi connectivity index (χ3n) is 1.91. The predicted molar refractivity (Wildman–Crippen MR) is 53.5 cm³/mol. The first-order valence-corrected chi connectivity index (χ1v) is 4.81. The molecule has 0 bridgehead atoms. The van der Waals surface area contributed by atoms with Crippen molar-refractivity contribution in [1.29, 1.82) is 0 Å². The summed E-state index contributed by atoms with van der Waals surface area (Å²) in [6.07, 6.45) is 1.07. The molecule has 3 heteroatoms. The molecule has 13 heavy (non-hydrogen) atoms. The van der Waals surface area contributed by atoms with Crippen molar-refractivity contribution >= 4 is 5.97 Å². The van der Waals surface area contributed by atoms with Crippen molar-refractivity contribution in [3.63, 3.8) is 0 Å². The Morgan fingerprint density at radius 1 is 1.31 bits per heavy atom. The van der Waals surface area contributed by atoms with Gasteiger partial charge in [-0.25, -0.2) is 0 Å². The Bertz CT molecular complexity index is 157. The molecule has 0 rings (SSSR count). The number of nitrogens with one attached hydrogen (secondary N) is 1. The van der Waals surface area contributed by atoms with Gasteiger partial charge in [0, 0.05) is 6.04 Å². The molecule has 3 nitrogen and oxygen atoms in total. The van der Waals surface area contributed by atoms with Crippen LogP contribution in [-0.4, -0.2) is 25.2 Å². The maximum Gasteiger partial charge on any atom is 0.322 e. The van der Waals surface area contributed by atoms with Crippen molar-refractivity contribution in [2.24, 2.45) is 5.92 Å². The van der Waals surface area contributed by atoms with Crippen LogP contribution in [-0.2, 0) is 9.53 Å². The fourth-order valence-corrected chi connectivity index (χ4v) is 1.45. The monoisotopic (exact) mass is 187 g/mol. The molecule has 2 unspecified atom stereocenters. The Morgan fingerprint density at radius 3 is 2.23 bits per heavy atom. The summed E-state index contributed by atoms with van der Waals surface area (Å²) in [7, 11) is 1.41. The second-order valence-corrected chi connectivity index (χ2v) is 3.94. The van der Waals surface area contributed by atoms with E-state index < -0.39 is 0 Å². The van der Waals surface area contributed by atoms with E-state index in [0.717, 1.165) is 6.42 Å². The molecule has 0 fully saturated rings. The molecule has 0 saturated carbocycles. The van der Waals surface area contributed by atoms with Crippen molar-refractivity contribution in [1.82, 2.24) is 5.32 Å². The molecular weight excluding hydrogens is 166 g/mol. The Kier molecular flexibility index (Phi) is 5.71. The van der Waals surface area contributed by atoms with Crippen LogP contribution in [0.2, 0.25) is 0 Å². The highest BCUT2D eigenvalue weighted by atomic mass is 16.5. The first kappa shape index (κ1) is 12.4. The molecule has 0 aliphatic heterocycles. The molecule has 0 amide bonds. The number of hydrogen-bond donors (Lipinski definition) is 1. The lowest BCUT2D eigenvalue weighted by Crippen LogP contribution is -2.41. The van der Waals surface area contributed by atoms with Crippen molar-refractivity contribution in [2.45, 2.75) is 46.2 Å². The van der Waals surface area contributed by atoms with Gasteiger partial charge in [0.1, 0.15) is 6.04 Å². The van der Waals surface area contributed by atoms with E-state index in [-0.39, 0.29) is 12.0 Å². The van der Waals surface area contributed by atoms with Crippen molar-refractivity contribution in [2.75, 3.05) is 7.11 Å². The van der Waals surface area contributed by atoms with Crippen molar-refractivity contribution < 1.29 is 9.53 Å². The standard InChI is InChI=1S/C10H21NO2/c1-7(2)6-8(3)11-9(4)10(12)13-5/h7-9,11H,6H2,1-5H3. The van der Waals surface area contributed by atoms with Gasteiger partial charge in [-0.1, -0.05) is 13.8 Å². The average Bonchev–Trinajstić information content (AvgIpc) is 2.01. The second kappa shape index (κ2) is 5.97. The van der Waals surface area contributed by atoms with Gasteiger partial charge in [0.05, 0.1) is 7.11 Å². The predicted octanol–water partition coefficient (Wildman–Crippen LogP) is 1.57. The first-order valence-electron chi connectivity index (χ1n) is 4.81. The van der Waals surface area contributed by atoms with Gasteiger partial charge in [-0.15, -0.1) is 0 Å². The molecule has 0 aliphatic rings. The van der Waals surface area contributed by atoms with Crippen LogP contribution >= 0.6 is 0 Å². The SMILES string of the molecule is COC(=O)C(C)NC(C)CC(C)C. The fourth-order valence-electron chi connectivity index (χ4n) is 1.45. The highest BCUT2D eigenvalue weighted by Crippen LogP contribution is 2.04. The lowest BCUT2D eigenvalue weighted by atomic mass is 10.0. The van der Waals surface area contributed by atoms with E-state index in [1.54, 1.807) is 0 Å². The summed E-state index contributed by atoms with van der Waals surface area (Å²) in [4.78, 5) is 11.0.